The van der Waals surface area contributed by atoms with Gasteiger partial charge in [-0.3, -0.25) is 4.79 Å². The van der Waals surface area contributed by atoms with Crippen LogP contribution in [0.5, 0.6) is 0 Å². The fraction of sp³-hybridized carbons (Fsp3) is 0.0500. The lowest BCUT2D eigenvalue weighted by Crippen LogP contribution is -2.17. The summed E-state index contributed by atoms with van der Waals surface area (Å²) in [7, 11) is 0. The number of aryl methyl sites for hydroxylation is 1. The number of rotatable bonds is 8. The molecule has 2 heterocycles. The van der Waals surface area contributed by atoms with Crippen molar-refractivity contribution in [1.29, 1.82) is 0 Å². The maximum atomic E-state index is 13.1. The SMILES string of the molecule is Cc1cccc(Cn2cc(/C=N\NC(=O)c3ccc(-n4c(-c5ccccc5)ccc4-c4ccccc4)cc3)c3ccccc32)c1. The first kappa shape index (κ1) is 27.9. The molecule has 0 spiro atoms. The molecule has 0 atom stereocenters. The maximum absolute atomic E-state index is 13.1. The molecule has 218 valence electrons. The van der Waals surface area contributed by atoms with E-state index in [1.54, 1.807) is 6.21 Å². The van der Waals surface area contributed by atoms with Crippen molar-refractivity contribution in [3.63, 3.8) is 0 Å². The van der Waals surface area contributed by atoms with E-state index in [9.17, 15) is 4.79 Å². The number of carbonyl (C=O) groups excluding carboxylic acids is 1. The number of hydrazone groups is 1. The summed E-state index contributed by atoms with van der Waals surface area (Å²) < 4.78 is 4.46. The Morgan fingerprint density at radius 3 is 2.02 bits per heavy atom. The topological polar surface area (TPSA) is 51.3 Å². The van der Waals surface area contributed by atoms with Gasteiger partial charge in [0.25, 0.3) is 5.91 Å². The molecule has 0 unspecified atom stereocenters. The average Bonchev–Trinajstić information content (AvgIpc) is 3.68. The van der Waals surface area contributed by atoms with E-state index in [1.807, 2.05) is 72.8 Å². The van der Waals surface area contributed by atoms with E-state index in [0.29, 0.717) is 5.56 Å². The second-order valence-electron chi connectivity index (χ2n) is 11.1. The molecule has 7 rings (SSSR count). The summed E-state index contributed by atoms with van der Waals surface area (Å²) in [5, 5.41) is 5.43. The maximum Gasteiger partial charge on any atom is 0.271 e. The molecule has 0 fully saturated rings. The Balaban J connectivity index is 1.12. The van der Waals surface area contributed by atoms with Crippen LogP contribution in [-0.2, 0) is 6.54 Å². The van der Waals surface area contributed by atoms with Crippen LogP contribution in [0.15, 0.2) is 157 Å². The molecule has 5 nitrogen and oxygen atoms in total. The Morgan fingerprint density at radius 2 is 1.36 bits per heavy atom. The van der Waals surface area contributed by atoms with Gasteiger partial charge < -0.3 is 9.13 Å². The molecule has 0 bridgehead atoms. The quantitative estimate of drug-likeness (QED) is 0.141. The number of fused-ring (bicyclic) bond motifs is 1. The van der Waals surface area contributed by atoms with Crippen molar-refractivity contribution in [3.05, 3.63) is 174 Å². The van der Waals surface area contributed by atoms with Gasteiger partial charge in [-0.05, 0) is 66.1 Å². The number of benzene rings is 5. The van der Waals surface area contributed by atoms with Gasteiger partial charge in [0.1, 0.15) is 0 Å². The molecule has 0 aliphatic carbocycles. The molecule has 45 heavy (non-hydrogen) atoms. The molecule has 1 N–H and O–H groups in total. The Labute approximate surface area is 262 Å². The average molecular weight is 585 g/mol. The summed E-state index contributed by atoms with van der Waals surface area (Å²) in [6.45, 7) is 2.87. The van der Waals surface area contributed by atoms with Crippen LogP contribution in [0, 0.1) is 6.92 Å². The summed E-state index contributed by atoms with van der Waals surface area (Å²) in [6, 6.07) is 49.4. The number of amides is 1. The lowest BCUT2D eigenvalue weighted by atomic mass is 10.1. The van der Waals surface area contributed by atoms with E-state index < -0.39 is 0 Å². The van der Waals surface area contributed by atoms with Crippen LogP contribution >= 0.6 is 0 Å². The smallest absolute Gasteiger partial charge is 0.271 e. The highest BCUT2D eigenvalue weighted by atomic mass is 16.2. The third-order valence-corrected chi connectivity index (χ3v) is 8.03. The van der Waals surface area contributed by atoms with Crippen molar-refractivity contribution in [2.24, 2.45) is 5.10 Å². The van der Waals surface area contributed by atoms with Gasteiger partial charge in [-0.2, -0.15) is 5.10 Å². The first-order chi connectivity index (χ1) is 22.1. The summed E-state index contributed by atoms with van der Waals surface area (Å²) in [5.74, 6) is -0.264. The molecule has 0 saturated heterocycles. The van der Waals surface area contributed by atoms with Gasteiger partial charge in [-0.1, -0.05) is 109 Å². The van der Waals surface area contributed by atoms with E-state index in [0.717, 1.165) is 51.2 Å². The van der Waals surface area contributed by atoms with Gasteiger partial charge in [0.15, 0.2) is 0 Å². The lowest BCUT2D eigenvalue weighted by Gasteiger charge is -2.15. The van der Waals surface area contributed by atoms with Crippen LogP contribution in [0.3, 0.4) is 0 Å². The minimum Gasteiger partial charge on any atom is -0.342 e. The Kier molecular flexibility index (Phi) is 7.65. The number of para-hydroxylation sites is 1. The largest absolute Gasteiger partial charge is 0.342 e. The molecule has 5 heteroatoms. The minimum absolute atomic E-state index is 0.264. The summed E-state index contributed by atoms with van der Waals surface area (Å²) >= 11 is 0. The molecule has 7 aromatic rings. The highest BCUT2D eigenvalue weighted by Crippen LogP contribution is 2.32. The van der Waals surface area contributed by atoms with Crippen molar-refractivity contribution in [2.75, 3.05) is 0 Å². The molecule has 0 radical (unpaired) electrons. The molecule has 2 aromatic heterocycles. The zero-order chi connectivity index (χ0) is 30.6. The summed E-state index contributed by atoms with van der Waals surface area (Å²) in [4.78, 5) is 13.1. The predicted octanol–water partition coefficient (Wildman–Crippen LogP) is 8.89. The van der Waals surface area contributed by atoms with Crippen LogP contribution < -0.4 is 5.43 Å². The third kappa shape index (κ3) is 5.84. The van der Waals surface area contributed by atoms with Gasteiger partial charge in [0.2, 0.25) is 0 Å². The monoisotopic (exact) mass is 584 g/mol. The fourth-order valence-corrected chi connectivity index (χ4v) is 5.89. The van der Waals surface area contributed by atoms with Crippen molar-refractivity contribution in [3.8, 4) is 28.2 Å². The number of carbonyl (C=O) groups is 1. The van der Waals surface area contributed by atoms with Crippen molar-refractivity contribution >= 4 is 23.0 Å². The minimum atomic E-state index is -0.264. The number of nitrogens with zero attached hydrogens (tertiary/aromatic N) is 3. The van der Waals surface area contributed by atoms with Gasteiger partial charge in [-0.15, -0.1) is 0 Å². The van der Waals surface area contributed by atoms with Crippen LogP contribution in [0.1, 0.15) is 27.0 Å². The summed E-state index contributed by atoms with van der Waals surface area (Å²) in [6.07, 6.45) is 3.81. The van der Waals surface area contributed by atoms with E-state index >= 15 is 0 Å². The molecule has 5 aromatic carbocycles. The van der Waals surface area contributed by atoms with Crippen LogP contribution in [0.25, 0.3) is 39.1 Å². The van der Waals surface area contributed by atoms with Gasteiger partial charge >= 0.3 is 0 Å². The van der Waals surface area contributed by atoms with Crippen LogP contribution in [0.4, 0.5) is 0 Å². The zero-order valence-electron chi connectivity index (χ0n) is 25.0. The molecule has 0 aliphatic heterocycles. The Hall–Kier alpha value is -5.94. The van der Waals surface area contributed by atoms with Crippen molar-refractivity contribution < 1.29 is 4.79 Å². The normalized spacial score (nSPS) is 11.3. The van der Waals surface area contributed by atoms with E-state index in [4.69, 9.17) is 0 Å². The summed E-state index contributed by atoms with van der Waals surface area (Å²) in [5.41, 5.74) is 13.2. The molecule has 0 aliphatic rings. The highest BCUT2D eigenvalue weighted by molar-refractivity contribution is 6.00. The fourth-order valence-electron chi connectivity index (χ4n) is 5.89. The Morgan fingerprint density at radius 1 is 0.711 bits per heavy atom. The van der Waals surface area contributed by atoms with Gasteiger partial charge in [-0.25, -0.2) is 5.43 Å². The van der Waals surface area contributed by atoms with Crippen molar-refractivity contribution in [2.45, 2.75) is 13.5 Å². The number of hydrogen-bond donors (Lipinski definition) is 1. The molecular weight excluding hydrogens is 552 g/mol. The second kappa shape index (κ2) is 12.3. The zero-order valence-corrected chi connectivity index (χ0v) is 25.0. The van der Waals surface area contributed by atoms with Gasteiger partial charge in [0, 0.05) is 40.5 Å². The predicted molar refractivity (Wildman–Crippen MR) is 184 cm³/mol. The van der Waals surface area contributed by atoms with E-state index in [1.165, 1.54) is 11.1 Å². The molecule has 0 saturated carbocycles. The number of hydrogen-bond acceptors (Lipinski definition) is 2. The number of aromatic nitrogens is 2. The first-order valence-corrected chi connectivity index (χ1v) is 15.0. The lowest BCUT2D eigenvalue weighted by molar-refractivity contribution is 0.0955. The second-order valence-corrected chi connectivity index (χ2v) is 11.1. The standard InChI is InChI=1S/C40H32N4O/c1-29-11-10-12-30(25-29)27-43-28-34(36-17-8-9-18-39(36)43)26-41-42-40(45)33-19-21-35(22-20-33)44-37(31-13-4-2-5-14-31)23-24-38(44)32-15-6-3-7-16-32/h2-26,28H,27H2,1H3,(H,42,45)/b41-26-. The van der Waals surface area contributed by atoms with E-state index in [2.05, 4.69) is 106 Å². The Bertz CT molecular complexity index is 2060. The van der Waals surface area contributed by atoms with Gasteiger partial charge in [0.05, 0.1) is 17.6 Å². The third-order valence-electron chi connectivity index (χ3n) is 8.03. The van der Waals surface area contributed by atoms with Crippen LogP contribution in [-0.4, -0.2) is 21.3 Å². The molecular formula is C40H32N4O. The van der Waals surface area contributed by atoms with E-state index in [-0.39, 0.29) is 5.91 Å². The van der Waals surface area contributed by atoms with Crippen molar-refractivity contribution in [1.82, 2.24) is 14.6 Å². The highest BCUT2D eigenvalue weighted by Gasteiger charge is 2.14. The first-order valence-electron chi connectivity index (χ1n) is 15.0. The molecule has 1 amide bonds. The number of nitrogens with one attached hydrogen (secondary N) is 1. The van der Waals surface area contributed by atoms with Crippen LogP contribution in [0.2, 0.25) is 0 Å².